The lowest BCUT2D eigenvalue weighted by atomic mass is 10.1. The number of amides is 1. The first-order valence-electron chi connectivity index (χ1n) is 9.02. The summed E-state index contributed by atoms with van der Waals surface area (Å²) in [5.74, 6) is 0.0710. The molecule has 0 heterocycles. The predicted octanol–water partition coefficient (Wildman–Crippen LogP) is 4.42. The number of halogens is 1. The van der Waals surface area contributed by atoms with Crippen molar-refractivity contribution in [2.24, 2.45) is 0 Å². The first kappa shape index (κ1) is 20.1. The molecule has 0 saturated heterocycles. The Morgan fingerprint density at radius 2 is 2.00 bits per heavy atom. The summed E-state index contributed by atoms with van der Waals surface area (Å²) in [5.41, 5.74) is 1.03. The van der Waals surface area contributed by atoms with Gasteiger partial charge in [0, 0.05) is 17.1 Å². The molecule has 1 saturated carbocycles. The zero-order chi connectivity index (χ0) is 20.3. The van der Waals surface area contributed by atoms with Crippen LogP contribution >= 0.6 is 11.6 Å². The van der Waals surface area contributed by atoms with Crippen molar-refractivity contribution < 1.29 is 14.5 Å². The first-order chi connectivity index (χ1) is 13.4. The third-order valence-electron chi connectivity index (χ3n) is 4.87. The van der Waals surface area contributed by atoms with Crippen molar-refractivity contribution >= 4 is 28.9 Å². The maximum absolute atomic E-state index is 12.6. The minimum Gasteiger partial charge on any atom is -0.496 e. The Bertz CT molecular complexity index is 868. The molecule has 1 fully saturated rings. The van der Waals surface area contributed by atoms with E-state index in [2.05, 4.69) is 10.2 Å². The van der Waals surface area contributed by atoms with Crippen molar-refractivity contribution in [2.75, 3.05) is 19.0 Å². The van der Waals surface area contributed by atoms with Gasteiger partial charge >= 0.3 is 0 Å². The summed E-state index contributed by atoms with van der Waals surface area (Å²) >= 11 is 5.97. The van der Waals surface area contributed by atoms with E-state index in [1.54, 1.807) is 6.07 Å². The molecule has 1 amide bonds. The largest absolute Gasteiger partial charge is 0.496 e. The molecular weight excluding hydrogens is 382 g/mol. The van der Waals surface area contributed by atoms with Crippen LogP contribution in [0.25, 0.3) is 0 Å². The number of ether oxygens (including phenoxy) is 1. The van der Waals surface area contributed by atoms with Crippen molar-refractivity contribution in [2.45, 2.75) is 31.8 Å². The Morgan fingerprint density at radius 1 is 1.32 bits per heavy atom. The van der Waals surface area contributed by atoms with Crippen LogP contribution in [-0.2, 0) is 4.79 Å². The summed E-state index contributed by atoms with van der Waals surface area (Å²) in [7, 11) is 1.43. The van der Waals surface area contributed by atoms with Gasteiger partial charge in [0.1, 0.15) is 11.4 Å². The van der Waals surface area contributed by atoms with Crippen LogP contribution in [0.3, 0.4) is 0 Å². The van der Waals surface area contributed by atoms with Gasteiger partial charge in [-0.2, -0.15) is 0 Å². The third-order valence-corrected chi connectivity index (χ3v) is 5.12. The third kappa shape index (κ3) is 4.79. The molecule has 2 aromatic carbocycles. The minimum absolute atomic E-state index is 0.0290. The molecular formula is C20H22ClN3O4. The molecule has 0 spiro atoms. The predicted molar refractivity (Wildman–Crippen MR) is 108 cm³/mol. The monoisotopic (exact) mass is 403 g/mol. The quantitative estimate of drug-likeness (QED) is 0.521. The number of anilines is 1. The molecule has 1 aliphatic rings. The average molecular weight is 404 g/mol. The number of nitrogens with one attached hydrogen (secondary N) is 1. The highest BCUT2D eigenvalue weighted by Gasteiger charge is 2.34. The number of benzene rings is 2. The van der Waals surface area contributed by atoms with Crippen LogP contribution in [0.2, 0.25) is 5.02 Å². The molecule has 1 N–H and O–H groups in total. The van der Waals surface area contributed by atoms with Crippen LogP contribution in [0.15, 0.2) is 42.5 Å². The van der Waals surface area contributed by atoms with Crippen molar-refractivity contribution in [3.8, 4) is 5.75 Å². The van der Waals surface area contributed by atoms with Crippen LogP contribution in [0.1, 0.15) is 31.4 Å². The average Bonchev–Trinajstić information content (AvgIpc) is 3.51. The van der Waals surface area contributed by atoms with E-state index in [0.29, 0.717) is 16.8 Å². The molecule has 1 aliphatic carbocycles. The Kier molecular flexibility index (Phi) is 6.16. The number of methoxy groups -OCH3 is 1. The second-order valence-corrected chi connectivity index (χ2v) is 7.26. The van der Waals surface area contributed by atoms with E-state index in [4.69, 9.17) is 16.3 Å². The van der Waals surface area contributed by atoms with E-state index in [1.807, 2.05) is 31.2 Å². The maximum Gasteiger partial charge on any atom is 0.296 e. The maximum atomic E-state index is 12.6. The van der Waals surface area contributed by atoms with Gasteiger partial charge in [-0.15, -0.1) is 0 Å². The van der Waals surface area contributed by atoms with Gasteiger partial charge in [0.15, 0.2) is 0 Å². The molecule has 7 nitrogen and oxygen atoms in total. The molecule has 8 heteroatoms. The fourth-order valence-electron chi connectivity index (χ4n) is 3.17. The molecule has 1 atom stereocenters. The zero-order valence-corrected chi connectivity index (χ0v) is 16.5. The first-order valence-corrected chi connectivity index (χ1v) is 9.40. The summed E-state index contributed by atoms with van der Waals surface area (Å²) < 4.78 is 5.02. The molecule has 0 aliphatic heterocycles. The SMILES string of the molecule is COc1ccc(NC(=O)CN(C2CC2)C(C)c2ccc(Cl)cc2)c([N+](=O)[O-])c1. The van der Waals surface area contributed by atoms with E-state index in [0.717, 1.165) is 18.4 Å². The zero-order valence-electron chi connectivity index (χ0n) is 15.7. The Labute approximate surface area is 168 Å². The number of carbonyl (C=O) groups excluding carboxylic acids is 1. The van der Waals surface area contributed by atoms with Gasteiger partial charge in [-0.05, 0) is 49.6 Å². The normalized spacial score (nSPS) is 14.6. The van der Waals surface area contributed by atoms with Crippen LogP contribution < -0.4 is 10.1 Å². The molecule has 0 radical (unpaired) electrons. The summed E-state index contributed by atoms with van der Waals surface area (Å²) in [4.78, 5) is 25.5. The lowest BCUT2D eigenvalue weighted by molar-refractivity contribution is -0.384. The number of rotatable bonds is 8. The Morgan fingerprint density at radius 3 is 2.57 bits per heavy atom. The minimum atomic E-state index is -0.535. The van der Waals surface area contributed by atoms with Crippen molar-refractivity contribution in [3.63, 3.8) is 0 Å². The summed E-state index contributed by atoms with van der Waals surface area (Å²) in [6, 6.07) is 12.3. The molecule has 0 bridgehead atoms. The second kappa shape index (κ2) is 8.58. The Balaban J connectivity index is 1.73. The van der Waals surface area contributed by atoms with E-state index >= 15 is 0 Å². The van der Waals surface area contributed by atoms with E-state index in [-0.39, 0.29) is 29.9 Å². The van der Waals surface area contributed by atoms with Crippen molar-refractivity contribution in [3.05, 3.63) is 63.2 Å². The van der Waals surface area contributed by atoms with E-state index in [1.165, 1.54) is 19.2 Å². The van der Waals surface area contributed by atoms with Gasteiger partial charge in [0.2, 0.25) is 5.91 Å². The summed E-state index contributed by atoms with van der Waals surface area (Å²) in [6.07, 6.45) is 2.07. The smallest absolute Gasteiger partial charge is 0.296 e. The lowest BCUT2D eigenvalue weighted by Crippen LogP contribution is -2.37. The number of carbonyl (C=O) groups is 1. The molecule has 3 rings (SSSR count). The summed E-state index contributed by atoms with van der Waals surface area (Å²) in [6.45, 7) is 2.20. The van der Waals surface area contributed by atoms with Gasteiger partial charge in [-0.25, -0.2) is 0 Å². The second-order valence-electron chi connectivity index (χ2n) is 6.82. The number of nitrogens with zero attached hydrogens (tertiary/aromatic N) is 2. The number of nitro groups is 1. The van der Waals surface area contributed by atoms with Gasteiger partial charge in [-0.3, -0.25) is 19.8 Å². The van der Waals surface area contributed by atoms with Crippen molar-refractivity contribution in [1.82, 2.24) is 4.90 Å². The molecule has 1 unspecified atom stereocenters. The molecule has 0 aromatic heterocycles. The van der Waals surface area contributed by atoms with Gasteiger partial charge in [0.25, 0.3) is 5.69 Å². The number of nitro benzene ring substituents is 1. The lowest BCUT2D eigenvalue weighted by Gasteiger charge is -2.29. The van der Waals surface area contributed by atoms with Gasteiger partial charge in [-0.1, -0.05) is 23.7 Å². The van der Waals surface area contributed by atoms with Crippen LogP contribution in [0.4, 0.5) is 11.4 Å². The summed E-state index contributed by atoms with van der Waals surface area (Å²) in [5, 5.41) is 14.6. The van der Waals surface area contributed by atoms with Gasteiger partial charge in [0.05, 0.1) is 24.6 Å². The van der Waals surface area contributed by atoms with Crippen LogP contribution in [-0.4, -0.2) is 35.4 Å². The van der Waals surface area contributed by atoms with E-state index < -0.39 is 4.92 Å². The standard InChI is InChI=1S/C20H22ClN3O4/c1-13(14-3-5-15(21)6-4-14)23(16-7-8-16)12-20(25)22-18-10-9-17(28-2)11-19(18)24(26)27/h3-6,9-11,13,16H,7-8,12H2,1-2H3,(H,22,25). The van der Waals surface area contributed by atoms with E-state index in [9.17, 15) is 14.9 Å². The fourth-order valence-corrected chi connectivity index (χ4v) is 3.30. The number of hydrogen-bond donors (Lipinski definition) is 1. The van der Waals surface area contributed by atoms with Crippen LogP contribution in [0.5, 0.6) is 5.75 Å². The van der Waals surface area contributed by atoms with Crippen LogP contribution in [0, 0.1) is 10.1 Å². The highest BCUT2D eigenvalue weighted by Crippen LogP contribution is 2.35. The van der Waals surface area contributed by atoms with Crippen molar-refractivity contribution in [1.29, 1.82) is 0 Å². The molecule has 148 valence electrons. The fraction of sp³-hybridized carbons (Fsp3) is 0.350. The molecule has 2 aromatic rings. The highest BCUT2D eigenvalue weighted by molar-refractivity contribution is 6.30. The topological polar surface area (TPSA) is 84.7 Å². The highest BCUT2D eigenvalue weighted by atomic mass is 35.5. The van der Waals surface area contributed by atoms with Gasteiger partial charge < -0.3 is 10.1 Å². The Hall–Kier alpha value is -2.64. The number of hydrogen-bond acceptors (Lipinski definition) is 5. The molecule has 28 heavy (non-hydrogen) atoms.